The molecule has 1 amide bonds. The second-order valence-corrected chi connectivity index (χ2v) is 11.9. The Hall–Kier alpha value is -4.78. The number of benzene rings is 2. The quantitative estimate of drug-likeness (QED) is 0.126. The lowest BCUT2D eigenvalue weighted by Gasteiger charge is -2.26. The van der Waals surface area contributed by atoms with Crippen LogP contribution in [0.25, 0.3) is 38.3 Å². The molecule has 3 aromatic heterocycles. The molecule has 0 bridgehead atoms. The van der Waals surface area contributed by atoms with E-state index in [-0.39, 0.29) is 12.2 Å². The highest BCUT2D eigenvalue weighted by molar-refractivity contribution is 7.17. The summed E-state index contributed by atoms with van der Waals surface area (Å²) in [5, 5.41) is 15.9. The van der Waals surface area contributed by atoms with E-state index >= 15 is 0 Å². The molecule has 0 saturated carbocycles. The Bertz CT molecular complexity index is 1830. The van der Waals surface area contributed by atoms with Gasteiger partial charge in [-0.15, -0.1) is 11.3 Å². The lowest BCUT2D eigenvalue weighted by molar-refractivity contribution is -0.112. The van der Waals surface area contributed by atoms with Gasteiger partial charge in [-0.25, -0.2) is 15.0 Å². The molecule has 0 atom stereocenters. The molecular formula is C33H38N8O3S. The van der Waals surface area contributed by atoms with Crippen molar-refractivity contribution in [1.29, 1.82) is 0 Å². The van der Waals surface area contributed by atoms with Crippen molar-refractivity contribution >= 4 is 50.2 Å². The molecule has 2 aromatic carbocycles. The third-order valence-electron chi connectivity index (χ3n) is 7.45. The minimum absolute atomic E-state index is 0.0737. The van der Waals surface area contributed by atoms with Gasteiger partial charge in [0.2, 0.25) is 11.9 Å². The molecule has 0 fully saturated rings. The number of nitrogens with two attached hydrogens (primary N) is 1. The number of anilines is 3. The molecule has 0 aliphatic heterocycles. The number of methoxy groups -OCH3 is 1. The zero-order valence-electron chi connectivity index (χ0n) is 25.9. The molecule has 0 saturated heterocycles. The fourth-order valence-electron chi connectivity index (χ4n) is 4.96. The molecule has 0 aliphatic rings. The summed E-state index contributed by atoms with van der Waals surface area (Å²) in [6, 6.07) is 13.8. The van der Waals surface area contributed by atoms with Gasteiger partial charge in [-0.1, -0.05) is 18.7 Å². The first-order valence-electron chi connectivity index (χ1n) is 14.5. The van der Waals surface area contributed by atoms with Gasteiger partial charge in [-0.05, 0) is 55.5 Å². The van der Waals surface area contributed by atoms with E-state index in [0.29, 0.717) is 48.0 Å². The number of carbonyl (C=O) groups is 1. The molecule has 0 radical (unpaired) electrons. The number of hydrogen-bond acceptors (Lipinski definition) is 10. The number of hydrogen-bond donors (Lipinski definition) is 4. The minimum atomic E-state index is -0.615. The Morgan fingerprint density at radius 1 is 1.13 bits per heavy atom. The molecule has 0 aliphatic carbocycles. The maximum Gasteiger partial charge on any atom is 0.248 e. The number of nitrogens with one attached hydrogen (secondary N) is 2. The van der Waals surface area contributed by atoms with Gasteiger partial charge in [-0.2, -0.15) is 0 Å². The Balaban J connectivity index is 1.53. The van der Waals surface area contributed by atoms with Crippen LogP contribution in [0, 0.1) is 0 Å². The number of aromatic amines is 1. The van der Waals surface area contributed by atoms with Crippen LogP contribution in [-0.2, 0) is 11.2 Å². The Morgan fingerprint density at radius 3 is 2.69 bits per heavy atom. The molecule has 5 N–H and O–H groups in total. The van der Waals surface area contributed by atoms with E-state index < -0.39 is 5.91 Å². The first-order valence-corrected chi connectivity index (χ1v) is 15.4. The van der Waals surface area contributed by atoms with Gasteiger partial charge in [-0.3, -0.25) is 4.79 Å². The van der Waals surface area contributed by atoms with Crippen molar-refractivity contribution in [2.24, 2.45) is 5.73 Å². The third-order valence-corrected chi connectivity index (χ3v) is 8.33. The summed E-state index contributed by atoms with van der Waals surface area (Å²) in [6.07, 6.45) is 2.86. The highest BCUT2D eigenvalue weighted by Crippen LogP contribution is 2.38. The Labute approximate surface area is 266 Å². The lowest BCUT2D eigenvalue weighted by Crippen LogP contribution is -2.29. The second-order valence-electron chi connectivity index (χ2n) is 10.9. The zero-order valence-corrected chi connectivity index (χ0v) is 26.7. The number of fused-ring (bicyclic) bond motifs is 1. The van der Waals surface area contributed by atoms with Gasteiger partial charge >= 0.3 is 0 Å². The maximum absolute atomic E-state index is 12.2. The van der Waals surface area contributed by atoms with Gasteiger partial charge in [0.1, 0.15) is 11.6 Å². The smallest absolute Gasteiger partial charge is 0.248 e. The van der Waals surface area contributed by atoms with Crippen LogP contribution < -0.4 is 20.7 Å². The number of imidazole rings is 1. The lowest BCUT2D eigenvalue weighted by atomic mass is 10.0. The minimum Gasteiger partial charge on any atom is -0.494 e. The number of thiophene rings is 1. The van der Waals surface area contributed by atoms with E-state index in [1.165, 1.54) is 10.1 Å². The summed E-state index contributed by atoms with van der Waals surface area (Å²) in [7, 11) is 7.54. The summed E-state index contributed by atoms with van der Waals surface area (Å²) in [5.74, 6) is 1.01. The van der Waals surface area contributed by atoms with Crippen molar-refractivity contribution in [2.75, 3.05) is 58.2 Å². The third kappa shape index (κ3) is 7.14. The van der Waals surface area contributed by atoms with E-state index in [9.17, 15) is 9.90 Å². The van der Waals surface area contributed by atoms with Crippen molar-refractivity contribution in [3.63, 3.8) is 0 Å². The maximum atomic E-state index is 12.2. The number of likely N-dealkylation sites (N-methyl/N-ethyl adjacent to an activating group) is 2. The van der Waals surface area contributed by atoms with Crippen LogP contribution in [0.15, 0.2) is 60.6 Å². The highest BCUT2D eigenvalue weighted by atomic mass is 32.1. The van der Waals surface area contributed by atoms with Gasteiger partial charge < -0.3 is 35.7 Å². The largest absolute Gasteiger partial charge is 0.494 e. The molecule has 45 heavy (non-hydrogen) atoms. The van der Waals surface area contributed by atoms with Crippen molar-refractivity contribution < 1.29 is 14.6 Å². The van der Waals surface area contributed by atoms with Gasteiger partial charge in [0.25, 0.3) is 0 Å². The van der Waals surface area contributed by atoms with E-state index in [1.54, 1.807) is 30.7 Å². The number of carbonyl (C=O) groups excluding carboxylic acids is 1. The molecule has 0 unspecified atom stereocenters. The van der Waals surface area contributed by atoms with Gasteiger partial charge in [0, 0.05) is 72.5 Å². The molecule has 12 heteroatoms. The summed E-state index contributed by atoms with van der Waals surface area (Å²) in [4.78, 5) is 34.0. The second kappa shape index (κ2) is 13.9. The van der Waals surface area contributed by atoms with Crippen LogP contribution in [0.3, 0.4) is 0 Å². The summed E-state index contributed by atoms with van der Waals surface area (Å²) in [6.45, 7) is 5.55. The fourth-order valence-corrected chi connectivity index (χ4v) is 5.79. The first kappa shape index (κ1) is 31.6. The van der Waals surface area contributed by atoms with Crippen LogP contribution in [-0.4, -0.2) is 83.8 Å². The van der Waals surface area contributed by atoms with Crippen LogP contribution >= 0.6 is 11.3 Å². The average Bonchev–Trinajstić information content (AvgIpc) is 3.69. The van der Waals surface area contributed by atoms with Crippen molar-refractivity contribution in [1.82, 2.24) is 24.8 Å². The molecule has 3 heterocycles. The number of primary amides is 1. The monoisotopic (exact) mass is 626 g/mol. The predicted molar refractivity (Wildman–Crippen MR) is 182 cm³/mol. The van der Waals surface area contributed by atoms with Crippen LogP contribution in [0.2, 0.25) is 0 Å². The number of amides is 1. The summed E-state index contributed by atoms with van der Waals surface area (Å²) in [5.41, 5.74) is 10.9. The topological polar surface area (TPSA) is 146 Å². The van der Waals surface area contributed by atoms with Crippen molar-refractivity contribution in [2.45, 2.75) is 12.8 Å². The summed E-state index contributed by atoms with van der Waals surface area (Å²) >= 11 is 1.68. The molecule has 5 aromatic rings. The van der Waals surface area contributed by atoms with E-state index in [4.69, 9.17) is 20.4 Å². The average molecular weight is 627 g/mol. The molecule has 11 nitrogen and oxygen atoms in total. The summed E-state index contributed by atoms with van der Waals surface area (Å²) < 4.78 is 6.92. The Kier molecular flexibility index (Phi) is 9.77. The predicted octanol–water partition coefficient (Wildman–Crippen LogP) is 4.92. The van der Waals surface area contributed by atoms with Gasteiger partial charge in [0.15, 0.2) is 0 Å². The number of ether oxygens (including phenoxy) is 1. The zero-order chi connectivity index (χ0) is 32.1. The van der Waals surface area contributed by atoms with E-state index in [2.05, 4.69) is 56.4 Å². The standard InChI is InChI=1S/C33H38N8O3S/c1-20(32(34)43)23-18-25(27(44-5)19-26(23)41(4)14-13-40(2)3)37-33-35-12-10-24(36-33)31-30(38-29(39-31)7-6-15-42)22-9-8-21-11-16-45-28(21)17-22/h8-12,16-19,42H,1,6-7,13-15H2,2-5H3,(H2,34,43)(H,38,39)(H,35,36,37). The normalized spacial score (nSPS) is 11.2. The number of aromatic nitrogens is 4. The SMILES string of the molecule is C=C(C(N)=O)c1cc(Nc2nccc(-c3[nH]c(CCCO)nc3-c3ccc4ccsc4c3)n2)c(OC)cc1N(C)CCN(C)C. The van der Waals surface area contributed by atoms with Crippen molar-refractivity contribution in [3.8, 4) is 28.4 Å². The molecule has 5 rings (SSSR count). The van der Waals surface area contributed by atoms with E-state index in [0.717, 1.165) is 35.0 Å². The highest BCUT2D eigenvalue weighted by Gasteiger charge is 2.21. The number of H-pyrrole nitrogens is 1. The number of aliphatic hydroxyl groups is 1. The van der Waals surface area contributed by atoms with Crippen LogP contribution in [0.4, 0.5) is 17.3 Å². The number of aliphatic hydroxyl groups excluding tert-OH is 1. The number of nitrogens with zero attached hydrogens (tertiary/aromatic N) is 5. The number of rotatable bonds is 14. The molecular weight excluding hydrogens is 588 g/mol. The fraction of sp³-hybridized carbons (Fsp3) is 0.273. The van der Waals surface area contributed by atoms with Crippen molar-refractivity contribution in [3.05, 3.63) is 72.0 Å². The van der Waals surface area contributed by atoms with Gasteiger partial charge in [0.05, 0.1) is 29.9 Å². The van der Waals surface area contributed by atoms with Crippen LogP contribution in [0.1, 0.15) is 17.8 Å². The van der Waals surface area contributed by atoms with Crippen LogP contribution in [0.5, 0.6) is 5.75 Å². The molecule has 0 spiro atoms. The Morgan fingerprint density at radius 2 is 1.96 bits per heavy atom. The number of aryl methyl sites for hydroxylation is 1. The first-order chi connectivity index (χ1) is 21.7. The molecule has 234 valence electrons. The van der Waals surface area contributed by atoms with E-state index in [1.807, 2.05) is 38.2 Å².